The molecule has 0 aliphatic carbocycles. The van der Waals surface area contributed by atoms with Crippen LogP contribution >= 0.6 is 23.6 Å². The molecule has 2 rings (SSSR count). The lowest BCUT2D eigenvalue weighted by molar-refractivity contribution is -0.115. The first-order valence-corrected chi connectivity index (χ1v) is 8.03. The molecule has 0 atom stereocenters. The van der Waals surface area contributed by atoms with Gasteiger partial charge in [-0.3, -0.25) is 10.1 Å². The van der Waals surface area contributed by atoms with Crippen molar-refractivity contribution in [1.29, 1.82) is 0 Å². The fourth-order valence-corrected chi connectivity index (χ4v) is 2.53. The summed E-state index contributed by atoms with van der Waals surface area (Å²) in [4.78, 5) is 12.8. The topological polar surface area (TPSA) is 50.4 Å². The largest absolute Gasteiger partial charge is 0.492 e. The third-order valence-electron chi connectivity index (χ3n) is 2.61. The van der Waals surface area contributed by atoms with Gasteiger partial charge < -0.3 is 10.1 Å². The third kappa shape index (κ3) is 4.98. The van der Waals surface area contributed by atoms with E-state index in [4.69, 9.17) is 17.0 Å². The van der Waals surface area contributed by atoms with Crippen LogP contribution in [0.2, 0.25) is 0 Å². The lowest BCUT2D eigenvalue weighted by atomic mass is 10.3. The molecule has 0 saturated heterocycles. The Morgan fingerprint density at radius 3 is 2.86 bits per heavy atom. The highest BCUT2D eigenvalue weighted by molar-refractivity contribution is 7.80. The van der Waals surface area contributed by atoms with Crippen LogP contribution in [0.3, 0.4) is 0 Å². The molecular formula is C16H16N2O2S2. The Balaban J connectivity index is 1.91. The Hall–Kier alpha value is -2.18. The number of anilines is 1. The van der Waals surface area contributed by atoms with Gasteiger partial charge in [-0.25, -0.2) is 0 Å². The van der Waals surface area contributed by atoms with Gasteiger partial charge >= 0.3 is 0 Å². The highest BCUT2D eigenvalue weighted by Gasteiger charge is 2.06. The van der Waals surface area contributed by atoms with Crippen LogP contribution in [0.5, 0.6) is 5.75 Å². The minimum absolute atomic E-state index is 0.230. The average molecular weight is 332 g/mol. The minimum Gasteiger partial charge on any atom is -0.492 e. The number of thiophene rings is 1. The first-order chi connectivity index (χ1) is 10.7. The number of nitrogens with one attached hydrogen (secondary N) is 2. The van der Waals surface area contributed by atoms with Gasteiger partial charge in [-0.05, 0) is 48.8 Å². The van der Waals surface area contributed by atoms with E-state index in [1.165, 1.54) is 6.08 Å². The average Bonchev–Trinajstić information content (AvgIpc) is 3.01. The van der Waals surface area contributed by atoms with Crippen LogP contribution in [0.25, 0.3) is 6.08 Å². The highest BCUT2D eigenvalue weighted by Crippen LogP contribution is 2.23. The number of hydrogen-bond acceptors (Lipinski definition) is 4. The standard InChI is InChI=1S/C16H16N2O2S2/c1-2-20-14-8-4-3-7-13(14)17-16(21)18-15(19)10-9-12-6-5-11-22-12/h3-11H,2H2,1H3,(H2,17,18,19,21)/b10-9-. The quantitative estimate of drug-likeness (QED) is 0.648. The molecule has 1 heterocycles. The zero-order valence-electron chi connectivity index (χ0n) is 12.0. The highest BCUT2D eigenvalue weighted by atomic mass is 32.1. The molecule has 0 spiro atoms. The molecule has 6 heteroatoms. The molecule has 4 nitrogen and oxygen atoms in total. The van der Waals surface area contributed by atoms with Crippen molar-refractivity contribution in [2.75, 3.05) is 11.9 Å². The Morgan fingerprint density at radius 1 is 1.32 bits per heavy atom. The van der Waals surface area contributed by atoms with Gasteiger partial charge in [-0.1, -0.05) is 18.2 Å². The predicted octanol–water partition coefficient (Wildman–Crippen LogP) is 3.67. The molecule has 0 saturated carbocycles. The summed E-state index contributed by atoms with van der Waals surface area (Å²) in [6, 6.07) is 11.3. The first-order valence-electron chi connectivity index (χ1n) is 6.74. The van der Waals surface area contributed by atoms with E-state index in [0.717, 1.165) is 10.6 Å². The van der Waals surface area contributed by atoms with Crippen molar-refractivity contribution >= 4 is 46.3 Å². The van der Waals surface area contributed by atoms with E-state index < -0.39 is 0 Å². The molecule has 1 aromatic heterocycles. The van der Waals surface area contributed by atoms with Gasteiger partial charge in [-0.2, -0.15) is 0 Å². The van der Waals surface area contributed by atoms with Gasteiger partial charge in [0.05, 0.1) is 12.3 Å². The number of carbonyl (C=O) groups is 1. The van der Waals surface area contributed by atoms with Crippen molar-refractivity contribution in [3.8, 4) is 5.75 Å². The smallest absolute Gasteiger partial charge is 0.250 e. The maximum atomic E-state index is 11.8. The second-order valence-corrected chi connectivity index (χ2v) is 5.61. The molecule has 0 aliphatic rings. The van der Waals surface area contributed by atoms with Gasteiger partial charge in [0.2, 0.25) is 5.91 Å². The molecule has 0 fully saturated rings. The van der Waals surface area contributed by atoms with Gasteiger partial charge in [0, 0.05) is 11.0 Å². The molecular weight excluding hydrogens is 316 g/mol. The van der Waals surface area contributed by atoms with Crippen LogP contribution in [0.4, 0.5) is 5.69 Å². The van der Waals surface area contributed by atoms with Crippen molar-refractivity contribution in [1.82, 2.24) is 5.32 Å². The minimum atomic E-state index is -0.278. The number of benzene rings is 1. The SMILES string of the molecule is CCOc1ccccc1NC(=S)NC(=O)/C=C\c1cccs1. The van der Waals surface area contributed by atoms with E-state index in [1.54, 1.807) is 17.4 Å². The number of amides is 1. The van der Waals surface area contributed by atoms with Crippen LogP contribution in [0.1, 0.15) is 11.8 Å². The van der Waals surface area contributed by atoms with Crippen LogP contribution in [0, 0.1) is 0 Å². The second-order valence-electron chi connectivity index (χ2n) is 4.22. The number of hydrogen-bond donors (Lipinski definition) is 2. The molecule has 1 aromatic carbocycles. The van der Waals surface area contributed by atoms with Gasteiger partial charge in [-0.15, -0.1) is 11.3 Å². The molecule has 0 radical (unpaired) electrons. The van der Waals surface area contributed by atoms with Gasteiger partial charge in [0.15, 0.2) is 5.11 Å². The summed E-state index contributed by atoms with van der Waals surface area (Å²) in [6.45, 7) is 2.47. The zero-order chi connectivity index (χ0) is 15.8. The molecule has 0 bridgehead atoms. The Kier molecular flexibility index (Phi) is 6.12. The molecule has 0 aliphatic heterocycles. The molecule has 1 amide bonds. The first kappa shape index (κ1) is 16.2. The van der Waals surface area contributed by atoms with E-state index in [-0.39, 0.29) is 11.0 Å². The molecule has 0 unspecified atom stereocenters. The maximum Gasteiger partial charge on any atom is 0.250 e. The summed E-state index contributed by atoms with van der Waals surface area (Å²) in [5, 5.41) is 7.75. The van der Waals surface area contributed by atoms with E-state index >= 15 is 0 Å². The van der Waals surface area contributed by atoms with E-state index in [1.807, 2.05) is 48.7 Å². The van der Waals surface area contributed by atoms with E-state index in [2.05, 4.69) is 10.6 Å². The third-order valence-corrected chi connectivity index (χ3v) is 3.66. The van der Waals surface area contributed by atoms with E-state index in [0.29, 0.717) is 12.4 Å². The molecule has 2 aromatic rings. The van der Waals surface area contributed by atoms with Crippen LogP contribution in [-0.2, 0) is 4.79 Å². The Morgan fingerprint density at radius 2 is 2.14 bits per heavy atom. The Bertz CT molecular complexity index is 667. The Labute approximate surface area is 138 Å². The van der Waals surface area contributed by atoms with Crippen molar-refractivity contribution in [2.24, 2.45) is 0 Å². The van der Waals surface area contributed by atoms with Crippen LogP contribution in [-0.4, -0.2) is 17.6 Å². The number of carbonyl (C=O) groups excluding carboxylic acids is 1. The summed E-state index contributed by atoms with van der Waals surface area (Å²) < 4.78 is 5.49. The van der Waals surface area contributed by atoms with Crippen molar-refractivity contribution in [3.05, 3.63) is 52.7 Å². The molecule has 2 N–H and O–H groups in total. The van der Waals surface area contributed by atoms with Crippen molar-refractivity contribution in [3.63, 3.8) is 0 Å². The summed E-state index contributed by atoms with van der Waals surface area (Å²) in [6.07, 6.45) is 3.20. The monoisotopic (exact) mass is 332 g/mol. The maximum absolute atomic E-state index is 11.8. The normalized spacial score (nSPS) is 10.4. The number of rotatable bonds is 5. The molecule has 22 heavy (non-hydrogen) atoms. The van der Waals surface area contributed by atoms with Crippen molar-refractivity contribution in [2.45, 2.75) is 6.92 Å². The summed E-state index contributed by atoms with van der Waals surface area (Å²) in [5.74, 6) is 0.413. The van der Waals surface area contributed by atoms with E-state index in [9.17, 15) is 4.79 Å². The molecule has 114 valence electrons. The predicted molar refractivity (Wildman–Crippen MR) is 95.3 cm³/mol. The summed E-state index contributed by atoms with van der Waals surface area (Å²) in [5.41, 5.74) is 0.719. The van der Waals surface area contributed by atoms with Crippen molar-refractivity contribution < 1.29 is 9.53 Å². The summed E-state index contributed by atoms with van der Waals surface area (Å²) in [7, 11) is 0. The van der Waals surface area contributed by atoms with Gasteiger partial charge in [0.1, 0.15) is 5.75 Å². The second kappa shape index (κ2) is 8.31. The fourth-order valence-electron chi connectivity index (χ4n) is 1.70. The number of ether oxygens (including phenoxy) is 1. The lowest BCUT2D eigenvalue weighted by Gasteiger charge is -2.12. The van der Waals surface area contributed by atoms with Gasteiger partial charge in [0.25, 0.3) is 0 Å². The summed E-state index contributed by atoms with van der Waals surface area (Å²) >= 11 is 6.70. The number of para-hydroxylation sites is 2. The fraction of sp³-hybridized carbons (Fsp3) is 0.125. The van der Waals surface area contributed by atoms with Crippen LogP contribution < -0.4 is 15.4 Å². The lowest BCUT2D eigenvalue weighted by Crippen LogP contribution is -2.32. The number of thiocarbonyl (C=S) groups is 1. The zero-order valence-corrected chi connectivity index (χ0v) is 13.7. The van der Waals surface area contributed by atoms with Crippen LogP contribution in [0.15, 0.2) is 47.9 Å².